The van der Waals surface area contributed by atoms with E-state index in [0.717, 1.165) is 18.4 Å². The highest BCUT2D eigenvalue weighted by atomic mass is 35.5. The summed E-state index contributed by atoms with van der Waals surface area (Å²) < 4.78 is 0. The Morgan fingerprint density at radius 3 is 3.07 bits per heavy atom. The van der Waals surface area contributed by atoms with E-state index < -0.39 is 0 Å². The average molecular weight is 215 g/mol. The summed E-state index contributed by atoms with van der Waals surface area (Å²) in [5, 5.41) is 3.48. The first-order valence-electron chi connectivity index (χ1n) is 5.48. The molecule has 2 atom stereocenters. The minimum Gasteiger partial charge on any atom is -0.316 e. The molecule has 3 heteroatoms. The minimum atomic E-state index is 0.881. The molecule has 2 saturated heterocycles. The van der Waals surface area contributed by atoms with E-state index in [0.29, 0.717) is 0 Å². The molecule has 0 aromatic rings. The number of nitrogens with one attached hydrogen (secondary N) is 1. The lowest BCUT2D eigenvalue weighted by Crippen LogP contribution is -2.40. The molecule has 2 aliphatic heterocycles. The van der Waals surface area contributed by atoms with Crippen LogP contribution in [0.4, 0.5) is 0 Å². The number of hydrogen-bond donors (Lipinski definition) is 1. The number of halogens is 1. The molecule has 2 unspecified atom stereocenters. The third kappa shape index (κ3) is 2.30. The molecule has 0 aromatic heterocycles. The van der Waals surface area contributed by atoms with Gasteiger partial charge in [0, 0.05) is 18.6 Å². The van der Waals surface area contributed by atoms with Gasteiger partial charge in [-0.3, -0.25) is 4.90 Å². The van der Waals surface area contributed by atoms with E-state index in [1.165, 1.54) is 38.2 Å². The van der Waals surface area contributed by atoms with Gasteiger partial charge in [0.25, 0.3) is 0 Å². The zero-order valence-corrected chi connectivity index (χ0v) is 9.56. The highest BCUT2D eigenvalue weighted by Gasteiger charge is 2.32. The molecule has 0 aromatic carbocycles. The van der Waals surface area contributed by atoms with Gasteiger partial charge in [0.05, 0.1) is 0 Å². The van der Waals surface area contributed by atoms with Gasteiger partial charge in [0.2, 0.25) is 0 Å². The van der Waals surface area contributed by atoms with Gasteiger partial charge in [-0.1, -0.05) is 11.6 Å². The molecule has 2 rings (SSSR count). The van der Waals surface area contributed by atoms with Crippen LogP contribution < -0.4 is 5.32 Å². The number of piperidine rings is 1. The van der Waals surface area contributed by atoms with Crippen molar-refractivity contribution < 1.29 is 0 Å². The summed E-state index contributed by atoms with van der Waals surface area (Å²) in [5.74, 6) is 1.82. The summed E-state index contributed by atoms with van der Waals surface area (Å²) in [7, 11) is 0. The second-order valence-corrected chi connectivity index (χ2v) is 4.88. The summed E-state index contributed by atoms with van der Waals surface area (Å²) in [5.41, 5.74) is 2.98. The van der Waals surface area contributed by atoms with Crippen molar-refractivity contribution in [2.75, 3.05) is 32.7 Å². The summed E-state index contributed by atoms with van der Waals surface area (Å²) in [6, 6.07) is 0. The SMILES string of the molecule is C/C(=C\Cl)CN1CCC2CNCC2C1. The molecule has 0 aliphatic carbocycles. The van der Waals surface area contributed by atoms with Crippen LogP contribution in [0.25, 0.3) is 0 Å². The van der Waals surface area contributed by atoms with Crippen LogP contribution in [0.3, 0.4) is 0 Å². The third-order valence-corrected chi connectivity index (χ3v) is 3.82. The largest absolute Gasteiger partial charge is 0.316 e. The molecular formula is C11H19ClN2. The number of rotatable bonds is 2. The Morgan fingerprint density at radius 1 is 1.50 bits per heavy atom. The molecule has 2 aliphatic rings. The first-order valence-corrected chi connectivity index (χ1v) is 5.92. The molecule has 0 spiro atoms. The van der Waals surface area contributed by atoms with Crippen molar-refractivity contribution in [3.05, 3.63) is 11.1 Å². The zero-order valence-electron chi connectivity index (χ0n) is 8.80. The smallest absolute Gasteiger partial charge is 0.0201 e. The van der Waals surface area contributed by atoms with Crippen LogP contribution in [-0.4, -0.2) is 37.6 Å². The van der Waals surface area contributed by atoms with Crippen LogP contribution in [0.1, 0.15) is 13.3 Å². The maximum Gasteiger partial charge on any atom is 0.0201 e. The fourth-order valence-corrected chi connectivity index (χ4v) is 2.71. The average Bonchev–Trinajstić information content (AvgIpc) is 2.64. The number of fused-ring (bicyclic) bond motifs is 1. The van der Waals surface area contributed by atoms with E-state index in [-0.39, 0.29) is 0 Å². The number of likely N-dealkylation sites (tertiary alicyclic amines) is 1. The fourth-order valence-electron chi connectivity index (χ4n) is 2.64. The highest BCUT2D eigenvalue weighted by Crippen LogP contribution is 2.26. The second kappa shape index (κ2) is 4.65. The lowest BCUT2D eigenvalue weighted by molar-refractivity contribution is 0.160. The van der Waals surface area contributed by atoms with Crippen molar-refractivity contribution in [1.29, 1.82) is 0 Å². The van der Waals surface area contributed by atoms with Crippen LogP contribution in [0, 0.1) is 11.8 Å². The predicted molar refractivity (Wildman–Crippen MR) is 60.5 cm³/mol. The normalized spacial score (nSPS) is 34.6. The molecule has 0 radical (unpaired) electrons. The van der Waals surface area contributed by atoms with Gasteiger partial charge in [0.1, 0.15) is 0 Å². The Balaban J connectivity index is 1.85. The van der Waals surface area contributed by atoms with Gasteiger partial charge in [-0.05, 0) is 50.4 Å². The van der Waals surface area contributed by atoms with Crippen molar-refractivity contribution in [2.45, 2.75) is 13.3 Å². The molecule has 2 heterocycles. The molecule has 2 nitrogen and oxygen atoms in total. The van der Waals surface area contributed by atoms with Crippen LogP contribution in [0.15, 0.2) is 11.1 Å². The topological polar surface area (TPSA) is 15.3 Å². The van der Waals surface area contributed by atoms with Gasteiger partial charge in [0.15, 0.2) is 0 Å². The predicted octanol–water partition coefficient (Wildman–Crippen LogP) is 1.67. The summed E-state index contributed by atoms with van der Waals surface area (Å²) in [4.78, 5) is 2.53. The van der Waals surface area contributed by atoms with Crippen molar-refractivity contribution in [2.24, 2.45) is 11.8 Å². The Labute approximate surface area is 91.3 Å². The van der Waals surface area contributed by atoms with Gasteiger partial charge in [-0.25, -0.2) is 0 Å². The van der Waals surface area contributed by atoms with Crippen LogP contribution in [0.5, 0.6) is 0 Å². The Bertz CT molecular complexity index is 227. The molecule has 0 bridgehead atoms. The first-order chi connectivity index (χ1) is 6.79. The van der Waals surface area contributed by atoms with Crippen molar-refractivity contribution in [3.63, 3.8) is 0 Å². The molecule has 0 saturated carbocycles. The summed E-state index contributed by atoms with van der Waals surface area (Å²) in [6.45, 7) is 8.09. The van der Waals surface area contributed by atoms with E-state index >= 15 is 0 Å². The molecule has 2 fully saturated rings. The zero-order chi connectivity index (χ0) is 9.97. The summed E-state index contributed by atoms with van der Waals surface area (Å²) >= 11 is 5.68. The van der Waals surface area contributed by atoms with Crippen LogP contribution in [0.2, 0.25) is 0 Å². The Kier molecular flexibility index (Phi) is 3.47. The van der Waals surface area contributed by atoms with Crippen molar-refractivity contribution >= 4 is 11.6 Å². The van der Waals surface area contributed by atoms with Crippen molar-refractivity contribution in [3.8, 4) is 0 Å². The molecule has 1 N–H and O–H groups in total. The van der Waals surface area contributed by atoms with E-state index in [1.807, 2.05) is 0 Å². The minimum absolute atomic E-state index is 0.881. The van der Waals surface area contributed by atoms with E-state index in [1.54, 1.807) is 5.54 Å². The molecule has 0 amide bonds. The molecule has 80 valence electrons. The second-order valence-electron chi connectivity index (χ2n) is 4.66. The van der Waals surface area contributed by atoms with E-state index in [9.17, 15) is 0 Å². The molecule has 14 heavy (non-hydrogen) atoms. The lowest BCUT2D eigenvalue weighted by Gasteiger charge is -2.34. The van der Waals surface area contributed by atoms with Gasteiger partial charge in [-0.15, -0.1) is 0 Å². The Hall–Kier alpha value is -0.0500. The third-order valence-electron chi connectivity index (χ3n) is 3.45. The van der Waals surface area contributed by atoms with E-state index in [4.69, 9.17) is 11.6 Å². The van der Waals surface area contributed by atoms with Crippen molar-refractivity contribution in [1.82, 2.24) is 10.2 Å². The standard InChI is InChI=1S/C11H19ClN2/c1-9(4-12)7-14-3-2-10-5-13-6-11(10)8-14/h4,10-11,13H,2-3,5-8H2,1H3/b9-4+. The maximum absolute atomic E-state index is 5.68. The summed E-state index contributed by atoms with van der Waals surface area (Å²) in [6.07, 6.45) is 1.35. The fraction of sp³-hybridized carbons (Fsp3) is 0.818. The van der Waals surface area contributed by atoms with Gasteiger partial charge in [-0.2, -0.15) is 0 Å². The first kappa shape index (κ1) is 10.5. The van der Waals surface area contributed by atoms with Crippen LogP contribution >= 0.6 is 11.6 Å². The van der Waals surface area contributed by atoms with E-state index in [2.05, 4.69) is 17.1 Å². The number of hydrogen-bond acceptors (Lipinski definition) is 2. The van der Waals surface area contributed by atoms with Gasteiger partial charge >= 0.3 is 0 Å². The monoisotopic (exact) mass is 214 g/mol. The molecular weight excluding hydrogens is 196 g/mol. The number of nitrogens with zero attached hydrogens (tertiary/aromatic N) is 1. The van der Waals surface area contributed by atoms with Gasteiger partial charge < -0.3 is 5.32 Å². The highest BCUT2D eigenvalue weighted by molar-refractivity contribution is 6.25. The Morgan fingerprint density at radius 2 is 2.29 bits per heavy atom. The quantitative estimate of drug-likeness (QED) is 0.753. The lowest BCUT2D eigenvalue weighted by atomic mass is 9.88. The maximum atomic E-state index is 5.68. The van der Waals surface area contributed by atoms with Crippen LogP contribution in [-0.2, 0) is 0 Å².